The topological polar surface area (TPSA) is 93.8 Å². The van der Waals surface area contributed by atoms with Crippen molar-refractivity contribution in [2.45, 2.75) is 0 Å². The third-order valence-corrected chi connectivity index (χ3v) is 4.56. The van der Waals surface area contributed by atoms with E-state index in [4.69, 9.17) is 17.3 Å². The number of carbonyl (C=O) groups is 1. The lowest BCUT2D eigenvalue weighted by atomic mass is 9.98. The molecule has 4 aromatic rings. The summed E-state index contributed by atoms with van der Waals surface area (Å²) in [6.45, 7) is 0. The maximum Gasteiger partial charge on any atom is 0.227 e. The Hall–Kier alpha value is -3.84. The van der Waals surface area contributed by atoms with Gasteiger partial charge in [0.1, 0.15) is 11.0 Å². The molecule has 0 spiro atoms. The van der Waals surface area contributed by atoms with Gasteiger partial charge in [-0.15, -0.1) is 0 Å². The van der Waals surface area contributed by atoms with Crippen molar-refractivity contribution in [1.29, 1.82) is 0 Å². The van der Waals surface area contributed by atoms with E-state index in [1.807, 2.05) is 0 Å². The van der Waals surface area contributed by atoms with Gasteiger partial charge >= 0.3 is 0 Å². The lowest BCUT2D eigenvalue weighted by Crippen LogP contribution is -2.06. The minimum Gasteiger partial charge on any atom is -0.398 e. The smallest absolute Gasteiger partial charge is 0.227 e. The summed E-state index contributed by atoms with van der Waals surface area (Å²) in [5.41, 5.74) is 8.98. The number of carbonyl (C=O) groups excluding carboxylic acids is 1. The monoisotopic (exact) mass is 419 g/mol. The molecule has 2 aromatic carbocycles. The van der Waals surface area contributed by atoms with Crippen molar-refractivity contribution in [3.05, 3.63) is 95.2 Å². The lowest BCUT2D eigenvalue weighted by Gasteiger charge is -2.10. The number of halogens is 2. The average Bonchev–Trinajstić information content (AvgIpc) is 2.76. The summed E-state index contributed by atoms with van der Waals surface area (Å²) in [7, 11) is 0. The molecule has 0 fully saturated rings. The Morgan fingerprint density at radius 3 is 2.53 bits per heavy atom. The first-order valence-corrected chi connectivity index (χ1v) is 9.29. The van der Waals surface area contributed by atoms with Gasteiger partial charge in [0.15, 0.2) is 5.78 Å². The molecule has 0 radical (unpaired) electrons. The molecule has 3 N–H and O–H groups in total. The first kappa shape index (κ1) is 19.5. The van der Waals surface area contributed by atoms with Crippen molar-refractivity contribution in [2.75, 3.05) is 11.1 Å². The molecule has 8 heteroatoms. The Balaban J connectivity index is 1.64. The fourth-order valence-electron chi connectivity index (χ4n) is 2.83. The lowest BCUT2D eigenvalue weighted by molar-refractivity contribution is 0.103. The normalized spacial score (nSPS) is 10.6. The van der Waals surface area contributed by atoms with E-state index in [2.05, 4.69) is 20.3 Å². The first-order chi connectivity index (χ1) is 14.5. The van der Waals surface area contributed by atoms with Crippen LogP contribution >= 0.6 is 11.6 Å². The molecular formula is C22H15ClFN5O. The highest BCUT2D eigenvalue weighted by atomic mass is 35.5. The van der Waals surface area contributed by atoms with Crippen molar-refractivity contribution in [1.82, 2.24) is 15.0 Å². The maximum atomic E-state index is 13.2. The van der Waals surface area contributed by atoms with E-state index in [1.165, 1.54) is 24.3 Å². The number of nitrogens with two attached hydrogens (primary N) is 1. The summed E-state index contributed by atoms with van der Waals surface area (Å²) < 4.78 is 13.2. The highest BCUT2D eigenvalue weighted by Gasteiger charge is 2.14. The van der Waals surface area contributed by atoms with E-state index in [-0.39, 0.29) is 5.78 Å². The molecule has 2 aromatic heterocycles. The molecule has 30 heavy (non-hydrogen) atoms. The molecule has 2 heterocycles. The van der Waals surface area contributed by atoms with E-state index in [0.29, 0.717) is 44.9 Å². The third-order valence-electron chi connectivity index (χ3n) is 4.34. The number of aromatic nitrogens is 3. The van der Waals surface area contributed by atoms with Crippen LogP contribution in [-0.2, 0) is 0 Å². The number of benzene rings is 2. The molecule has 0 bridgehead atoms. The predicted molar refractivity (Wildman–Crippen MR) is 114 cm³/mol. The van der Waals surface area contributed by atoms with Crippen molar-refractivity contribution < 1.29 is 9.18 Å². The molecule has 0 saturated heterocycles. The zero-order valence-electron chi connectivity index (χ0n) is 15.5. The molecular weight excluding hydrogens is 405 g/mol. The summed E-state index contributed by atoms with van der Waals surface area (Å²) >= 11 is 5.80. The Kier molecular flexibility index (Phi) is 5.36. The Labute approximate surface area is 176 Å². The van der Waals surface area contributed by atoms with Crippen LogP contribution in [0.1, 0.15) is 15.9 Å². The molecule has 0 aliphatic heterocycles. The molecule has 0 saturated carbocycles. The zero-order chi connectivity index (χ0) is 21.1. The fourth-order valence-corrected chi connectivity index (χ4v) is 2.94. The van der Waals surface area contributed by atoms with Gasteiger partial charge in [0.2, 0.25) is 5.95 Å². The van der Waals surface area contributed by atoms with Crippen molar-refractivity contribution in [3.8, 4) is 11.3 Å². The van der Waals surface area contributed by atoms with Crippen LogP contribution in [0.25, 0.3) is 11.3 Å². The maximum absolute atomic E-state index is 13.2. The molecule has 0 aliphatic rings. The van der Waals surface area contributed by atoms with Crippen LogP contribution in [0.15, 0.2) is 73.1 Å². The molecule has 0 unspecified atom stereocenters. The predicted octanol–water partition coefficient (Wildman–Crippen LogP) is 4.89. The van der Waals surface area contributed by atoms with Gasteiger partial charge < -0.3 is 11.1 Å². The Morgan fingerprint density at radius 2 is 1.80 bits per heavy atom. The van der Waals surface area contributed by atoms with Crippen LogP contribution < -0.4 is 11.1 Å². The van der Waals surface area contributed by atoms with Gasteiger partial charge in [-0.1, -0.05) is 17.7 Å². The second-order valence-electron chi connectivity index (χ2n) is 6.40. The largest absolute Gasteiger partial charge is 0.398 e. The molecule has 4 rings (SSSR count). The standard InChI is InChI=1S/C22H15ClFN5O/c23-20-8-6-16(12-27-20)28-22-26-10-9-19(29-22)14-3-7-18(25)17(11-14)21(30)13-1-4-15(24)5-2-13/h1-12H,25H2,(H,26,28,29). The van der Waals surface area contributed by atoms with Gasteiger partial charge in [-0.05, 0) is 54.6 Å². The number of nitrogens with one attached hydrogen (secondary N) is 1. The Morgan fingerprint density at radius 1 is 1.00 bits per heavy atom. The quantitative estimate of drug-likeness (QED) is 0.272. The van der Waals surface area contributed by atoms with E-state index < -0.39 is 5.82 Å². The average molecular weight is 420 g/mol. The highest BCUT2D eigenvalue weighted by Crippen LogP contribution is 2.25. The number of hydrogen-bond donors (Lipinski definition) is 2. The van der Waals surface area contributed by atoms with E-state index in [1.54, 1.807) is 48.8 Å². The van der Waals surface area contributed by atoms with E-state index in [0.717, 1.165) is 0 Å². The number of nitrogens with zero attached hydrogens (tertiary/aromatic N) is 3. The first-order valence-electron chi connectivity index (χ1n) is 8.91. The van der Waals surface area contributed by atoms with Gasteiger partial charge in [-0.2, -0.15) is 0 Å². The van der Waals surface area contributed by atoms with Gasteiger partial charge in [-0.25, -0.2) is 19.3 Å². The second-order valence-corrected chi connectivity index (χ2v) is 6.79. The summed E-state index contributed by atoms with van der Waals surface area (Å²) in [6.07, 6.45) is 3.17. The number of nitrogen functional groups attached to an aromatic ring is 1. The summed E-state index contributed by atoms with van der Waals surface area (Å²) in [5.74, 6) is -0.348. The van der Waals surface area contributed by atoms with Gasteiger partial charge in [0.25, 0.3) is 0 Å². The summed E-state index contributed by atoms with van der Waals surface area (Å²) in [5, 5.41) is 3.44. The molecule has 148 valence electrons. The van der Waals surface area contributed by atoms with Crippen LogP contribution in [0.3, 0.4) is 0 Å². The number of ketones is 1. The summed E-state index contributed by atoms with van der Waals surface area (Å²) in [4.78, 5) is 25.5. The van der Waals surface area contributed by atoms with E-state index >= 15 is 0 Å². The van der Waals surface area contributed by atoms with E-state index in [9.17, 15) is 9.18 Å². The zero-order valence-corrected chi connectivity index (χ0v) is 16.3. The molecule has 0 aliphatic carbocycles. The number of anilines is 3. The number of rotatable bonds is 5. The minimum absolute atomic E-state index is 0.297. The third kappa shape index (κ3) is 4.26. The number of hydrogen-bond acceptors (Lipinski definition) is 6. The summed E-state index contributed by atoms with van der Waals surface area (Å²) in [6, 6.07) is 15.5. The second kappa shape index (κ2) is 8.26. The molecule has 0 atom stereocenters. The van der Waals surface area contributed by atoms with Crippen molar-refractivity contribution in [2.24, 2.45) is 0 Å². The van der Waals surface area contributed by atoms with Crippen LogP contribution in [0.4, 0.5) is 21.7 Å². The van der Waals surface area contributed by atoms with Crippen molar-refractivity contribution in [3.63, 3.8) is 0 Å². The van der Waals surface area contributed by atoms with Crippen LogP contribution in [0.5, 0.6) is 0 Å². The number of pyridine rings is 1. The van der Waals surface area contributed by atoms with Gasteiger partial charge in [0.05, 0.1) is 17.6 Å². The Bertz CT molecular complexity index is 1210. The highest BCUT2D eigenvalue weighted by molar-refractivity contribution is 6.29. The van der Waals surface area contributed by atoms with Gasteiger partial charge in [-0.3, -0.25) is 4.79 Å². The molecule has 6 nitrogen and oxygen atoms in total. The van der Waals surface area contributed by atoms with Crippen molar-refractivity contribution >= 4 is 34.7 Å². The SMILES string of the molecule is Nc1ccc(-c2ccnc(Nc3ccc(Cl)nc3)n2)cc1C(=O)c1ccc(F)cc1. The van der Waals surface area contributed by atoms with Crippen LogP contribution in [0.2, 0.25) is 5.15 Å². The fraction of sp³-hybridized carbons (Fsp3) is 0. The minimum atomic E-state index is -0.412. The van der Waals surface area contributed by atoms with Crippen LogP contribution in [-0.4, -0.2) is 20.7 Å². The van der Waals surface area contributed by atoms with Gasteiger partial charge in [0, 0.05) is 28.6 Å². The molecule has 0 amide bonds. The van der Waals surface area contributed by atoms with Crippen LogP contribution in [0, 0.1) is 5.82 Å².